The second kappa shape index (κ2) is 6.60. The zero-order valence-corrected chi connectivity index (χ0v) is 13.5. The lowest BCUT2D eigenvalue weighted by Crippen LogP contribution is -2.25. The molecule has 6 heteroatoms. The molecule has 25 heavy (non-hydrogen) atoms. The van der Waals surface area contributed by atoms with Gasteiger partial charge in [0.05, 0.1) is 29.6 Å². The van der Waals surface area contributed by atoms with E-state index in [2.05, 4.69) is 20.5 Å². The minimum Gasteiger partial charge on any atom is -0.352 e. The fraction of sp³-hybridized carbons (Fsp3) is 0.105. The van der Waals surface area contributed by atoms with Crippen molar-refractivity contribution in [2.24, 2.45) is 0 Å². The van der Waals surface area contributed by atoms with Crippen LogP contribution in [0.1, 0.15) is 11.3 Å². The summed E-state index contributed by atoms with van der Waals surface area (Å²) < 4.78 is 1.93. The number of H-pyrrole nitrogens is 1. The molecular weight excluding hydrogens is 314 g/mol. The van der Waals surface area contributed by atoms with Crippen molar-refractivity contribution in [1.82, 2.24) is 25.1 Å². The fourth-order valence-corrected chi connectivity index (χ4v) is 2.88. The van der Waals surface area contributed by atoms with Crippen LogP contribution in [0.2, 0.25) is 0 Å². The van der Waals surface area contributed by atoms with Crippen LogP contribution in [0.25, 0.3) is 16.6 Å². The van der Waals surface area contributed by atoms with E-state index in [4.69, 9.17) is 0 Å². The van der Waals surface area contributed by atoms with Crippen molar-refractivity contribution >= 4 is 16.8 Å². The van der Waals surface area contributed by atoms with E-state index >= 15 is 0 Å². The summed E-state index contributed by atoms with van der Waals surface area (Å²) in [5.41, 5.74) is 3.74. The van der Waals surface area contributed by atoms with Crippen LogP contribution in [0.4, 0.5) is 0 Å². The molecular formula is C19H17N5O. The molecule has 0 radical (unpaired) electrons. The van der Waals surface area contributed by atoms with Gasteiger partial charge in [-0.3, -0.25) is 9.89 Å². The maximum absolute atomic E-state index is 12.3. The van der Waals surface area contributed by atoms with Crippen LogP contribution in [0.3, 0.4) is 0 Å². The standard InChI is InChI=1S/C19H17N5O/c25-19(11-17-15-6-2-3-7-16(15)22-23-17)21-12-14-5-1-4-8-18(14)24-10-9-20-13-24/h1-10,13H,11-12H2,(H,21,25)(H,22,23). The third-order valence-electron chi connectivity index (χ3n) is 4.13. The Morgan fingerprint density at radius 2 is 1.96 bits per heavy atom. The number of hydrogen-bond acceptors (Lipinski definition) is 3. The number of amides is 1. The van der Waals surface area contributed by atoms with Gasteiger partial charge < -0.3 is 9.88 Å². The highest BCUT2D eigenvalue weighted by molar-refractivity contribution is 5.87. The molecule has 0 saturated heterocycles. The van der Waals surface area contributed by atoms with E-state index < -0.39 is 0 Å². The Kier molecular flexibility index (Phi) is 4.00. The van der Waals surface area contributed by atoms with Crippen molar-refractivity contribution in [3.05, 3.63) is 78.5 Å². The first-order valence-corrected chi connectivity index (χ1v) is 8.06. The van der Waals surface area contributed by atoms with Crippen LogP contribution in [-0.2, 0) is 17.8 Å². The number of nitrogens with zero attached hydrogens (tertiary/aromatic N) is 3. The summed E-state index contributed by atoms with van der Waals surface area (Å²) in [6, 6.07) is 15.7. The molecule has 0 spiro atoms. The first kappa shape index (κ1) is 15.1. The second-order valence-electron chi connectivity index (χ2n) is 5.77. The molecule has 0 aliphatic rings. The van der Waals surface area contributed by atoms with Crippen molar-refractivity contribution in [3.63, 3.8) is 0 Å². The average Bonchev–Trinajstić information content (AvgIpc) is 3.31. The van der Waals surface area contributed by atoms with E-state index in [1.807, 2.05) is 59.3 Å². The molecule has 2 aromatic heterocycles. The third kappa shape index (κ3) is 3.14. The molecule has 2 aromatic carbocycles. The number of imidazole rings is 1. The van der Waals surface area contributed by atoms with Crippen molar-refractivity contribution in [3.8, 4) is 5.69 Å². The van der Waals surface area contributed by atoms with Gasteiger partial charge in [-0.25, -0.2) is 4.98 Å². The highest BCUT2D eigenvalue weighted by atomic mass is 16.1. The minimum absolute atomic E-state index is 0.0464. The van der Waals surface area contributed by atoms with Crippen molar-refractivity contribution < 1.29 is 4.79 Å². The number of para-hydroxylation sites is 2. The molecule has 2 N–H and O–H groups in total. The Morgan fingerprint density at radius 3 is 2.84 bits per heavy atom. The van der Waals surface area contributed by atoms with Crippen LogP contribution in [0.5, 0.6) is 0 Å². The first-order chi connectivity index (χ1) is 12.3. The number of aromatic amines is 1. The van der Waals surface area contributed by atoms with Crippen molar-refractivity contribution in [1.29, 1.82) is 0 Å². The Morgan fingerprint density at radius 1 is 1.12 bits per heavy atom. The molecule has 0 saturated carbocycles. The summed E-state index contributed by atoms with van der Waals surface area (Å²) in [5, 5.41) is 11.1. The highest BCUT2D eigenvalue weighted by Gasteiger charge is 2.10. The lowest BCUT2D eigenvalue weighted by Gasteiger charge is -2.11. The quantitative estimate of drug-likeness (QED) is 0.590. The van der Waals surface area contributed by atoms with Crippen LogP contribution in [0.15, 0.2) is 67.3 Å². The van der Waals surface area contributed by atoms with Crippen LogP contribution < -0.4 is 5.32 Å². The highest BCUT2D eigenvalue weighted by Crippen LogP contribution is 2.16. The van der Waals surface area contributed by atoms with Gasteiger partial charge in [0.2, 0.25) is 5.91 Å². The Balaban J connectivity index is 1.46. The van der Waals surface area contributed by atoms with Gasteiger partial charge >= 0.3 is 0 Å². The maximum Gasteiger partial charge on any atom is 0.226 e. The number of nitrogens with one attached hydrogen (secondary N) is 2. The summed E-state index contributed by atoms with van der Waals surface area (Å²) >= 11 is 0. The molecule has 0 aliphatic carbocycles. The predicted octanol–water partition coefficient (Wildman–Crippen LogP) is 2.61. The molecule has 1 amide bonds. The molecule has 0 aliphatic heterocycles. The lowest BCUT2D eigenvalue weighted by atomic mass is 10.1. The molecule has 4 rings (SSSR count). The number of fused-ring (bicyclic) bond motifs is 1. The summed E-state index contributed by atoms with van der Waals surface area (Å²) in [4.78, 5) is 16.4. The summed E-state index contributed by atoms with van der Waals surface area (Å²) in [6.45, 7) is 0.458. The monoisotopic (exact) mass is 331 g/mol. The second-order valence-corrected chi connectivity index (χ2v) is 5.77. The molecule has 0 unspecified atom stereocenters. The van der Waals surface area contributed by atoms with E-state index in [-0.39, 0.29) is 12.3 Å². The fourth-order valence-electron chi connectivity index (χ4n) is 2.88. The average molecular weight is 331 g/mol. The first-order valence-electron chi connectivity index (χ1n) is 8.06. The molecule has 0 bridgehead atoms. The Bertz CT molecular complexity index is 1000. The van der Waals surface area contributed by atoms with Gasteiger partial charge in [0.25, 0.3) is 0 Å². The molecule has 124 valence electrons. The van der Waals surface area contributed by atoms with E-state index in [1.165, 1.54) is 0 Å². The van der Waals surface area contributed by atoms with Crippen LogP contribution >= 0.6 is 0 Å². The summed E-state index contributed by atoms with van der Waals surface area (Å²) in [7, 11) is 0. The molecule has 4 aromatic rings. The van der Waals surface area contributed by atoms with E-state index in [9.17, 15) is 4.79 Å². The van der Waals surface area contributed by atoms with Gasteiger partial charge in [0.1, 0.15) is 0 Å². The maximum atomic E-state index is 12.3. The number of carbonyl (C=O) groups is 1. The number of benzene rings is 2. The lowest BCUT2D eigenvalue weighted by molar-refractivity contribution is -0.120. The summed E-state index contributed by atoms with van der Waals surface area (Å²) in [6.07, 6.45) is 5.64. The van der Waals surface area contributed by atoms with E-state index in [1.54, 1.807) is 12.5 Å². The van der Waals surface area contributed by atoms with Gasteiger partial charge in [-0.05, 0) is 17.7 Å². The molecule has 2 heterocycles. The Hall–Kier alpha value is -3.41. The molecule has 0 fully saturated rings. The topological polar surface area (TPSA) is 75.6 Å². The largest absolute Gasteiger partial charge is 0.352 e. The van der Waals surface area contributed by atoms with Gasteiger partial charge in [-0.15, -0.1) is 0 Å². The van der Waals surface area contributed by atoms with E-state index in [0.717, 1.165) is 27.8 Å². The Labute approximate surface area is 144 Å². The summed E-state index contributed by atoms with van der Waals surface area (Å²) in [5.74, 6) is -0.0464. The van der Waals surface area contributed by atoms with E-state index in [0.29, 0.717) is 6.54 Å². The number of hydrogen-bond donors (Lipinski definition) is 2. The van der Waals surface area contributed by atoms with Crippen LogP contribution in [0, 0.1) is 0 Å². The number of carbonyl (C=O) groups excluding carboxylic acids is 1. The molecule has 6 nitrogen and oxygen atoms in total. The number of rotatable bonds is 5. The third-order valence-corrected chi connectivity index (χ3v) is 4.13. The SMILES string of the molecule is O=C(Cc1[nH]nc2ccccc12)NCc1ccccc1-n1ccnc1. The smallest absolute Gasteiger partial charge is 0.226 e. The molecule has 0 atom stereocenters. The number of aromatic nitrogens is 4. The van der Waals surface area contributed by atoms with Crippen molar-refractivity contribution in [2.45, 2.75) is 13.0 Å². The van der Waals surface area contributed by atoms with Crippen LogP contribution in [-0.4, -0.2) is 25.7 Å². The van der Waals surface area contributed by atoms with Crippen molar-refractivity contribution in [2.75, 3.05) is 0 Å². The minimum atomic E-state index is -0.0464. The zero-order chi connectivity index (χ0) is 17.1. The van der Waals surface area contributed by atoms with Gasteiger partial charge in [0, 0.05) is 24.3 Å². The van der Waals surface area contributed by atoms with Gasteiger partial charge in [-0.2, -0.15) is 5.10 Å². The van der Waals surface area contributed by atoms with Gasteiger partial charge in [0.15, 0.2) is 0 Å². The van der Waals surface area contributed by atoms with Gasteiger partial charge in [-0.1, -0.05) is 36.4 Å². The zero-order valence-electron chi connectivity index (χ0n) is 13.5. The predicted molar refractivity (Wildman–Crippen MR) is 95.2 cm³/mol. The normalized spacial score (nSPS) is 10.9.